The summed E-state index contributed by atoms with van der Waals surface area (Å²) in [5, 5.41) is 23.5. The van der Waals surface area contributed by atoms with Gasteiger partial charge in [-0.05, 0) is 110 Å². The van der Waals surface area contributed by atoms with Gasteiger partial charge in [-0.15, -0.1) is 0 Å². The highest BCUT2D eigenvalue weighted by atomic mass is 16.5. The number of nitrogens with zero attached hydrogens (tertiary/aromatic N) is 2. The molecule has 4 rings (SSSR count). The first kappa shape index (κ1) is 31.3. The molecule has 2 amide bonds. The van der Waals surface area contributed by atoms with Crippen LogP contribution in [0, 0.1) is 22.7 Å². The maximum absolute atomic E-state index is 12.3. The lowest BCUT2D eigenvalue weighted by molar-refractivity contribution is 0.0943. The summed E-state index contributed by atoms with van der Waals surface area (Å²) < 4.78 is 11.7. The van der Waals surface area contributed by atoms with E-state index in [-0.39, 0.29) is 11.8 Å². The Bertz CT molecular complexity index is 1460. The molecule has 44 heavy (non-hydrogen) atoms. The van der Waals surface area contributed by atoms with Crippen LogP contribution in [-0.2, 0) is 13.1 Å². The Kier molecular flexibility index (Phi) is 11.9. The number of carbonyl (C=O) groups is 2. The van der Waals surface area contributed by atoms with Crippen molar-refractivity contribution in [3.05, 3.63) is 130 Å². The van der Waals surface area contributed by atoms with E-state index in [1.807, 2.05) is 60.7 Å². The van der Waals surface area contributed by atoms with Crippen LogP contribution in [0.25, 0.3) is 0 Å². The number of nitriles is 2. The molecule has 8 heteroatoms. The summed E-state index contributed by atoms with van der Waals surface area (Å²) in [5.74, 6) is 1.23. The second kappa shape index (κ2) is 16.7. The molecule has 0 saturated heterocycles. The largest absolute Gasteiger partial charge is 0.494 e. The lowest BCUT2D eigenvalue weighted by Gasteiger charge is -2.09. The van der Waals surface area contributed by atoms with Gasteiger partial charge in [0, 0.05) is 24.2 Å². The van der Waals surface area contributed by atoms with Gasteiger partial charge in [0.2, 0.25) is 0 Å². The van der Waals surface area contributed by atoms with Crippen LogP contribution in [0.1, 0.15) is 68.7 Å². The Morgan fingerprint density at radius 2 is 0.886 bits per heavy atom. The predicted molar refractivity (Wildman–Crippen MR) is 167 cm³/mol. The van der Waals surface area contributed by atoms with Crippen LogP contribution < -0.4 is 20.1 Å². The first-order valence-electron chi connectivity index (χ1n) is 14.5. The molecule has 0 aliphatic rings. The molecule has 0 heterocycles. The maximum Gasteiger partial charge on any atom is 0.251 e. The molecule has 2 N–H and O–H groups in total. The van der Waals surface area contributed by atoms with Crippen LogP contribution in [-0.4, -0.2) is 25.0 Å². The lowest BCUT2D eigenvalue weighted by atomic mass is 10.1. The molecule has 4 aromatic rings. The minimum absolute atomic E-state index is 0.183. The molecule has 0 saturated carbocycles. The SMILES string of the molecule is N#Cc1ccc(C(=O)NCc2ccc(OCCCCCCOc3ccc(CNC(=O)c4ccc(C#N)cc4)cc3)cc2)cc1. The van der Waals surface area contributed by atoms with Gasteiger partial charge in [0.05, 0.1) is 36.5 Å². The monoisotopic (exact) mass is 586 g/mol. The van der Waals surface area contributed by atoms with Crippen molar-refractivity contribution in [1.29, 1.82) is 10.5 Å². The fourth-order valence-corrected chi connectivity index (χ4v) is 4.31. The van der Waals surface area contributed by atoms with Crippen LogP contribution in [0.15, 0.2) is 97.1 Å². The van der Waals surface area contributed by atoms with Gasteiger partial charge in [-0.25, -0.2) is 0 Å². The number of hydrogen-bond donors (Lipinski definition) is 2. The van der Waals surface area contributed by atoms with Crippen molar-refractivity contribution in [2.75, 3.05) is 13.2 Å². The first-order chi connectivity index (χ1) is 21.5. The van der Waals surface area contributed by atoms with Gasteiger partial charge in [0.15, 0.2) is 0 Å². The van der Waals surface area contributed by atoms with E-state index >= 15 is 0 Å². The summed E-state index contributed by atoms with van der Waals surface area (Å²) >= 11 is 0. The van der Waals surface area contributed by atoms with Gasteiger partial charge in [-0.3, -0.25) is 9.59 Å². The third-order valence-corrected chi connectivity index (χ3v) is 6.88. The highest BCUT2D eigenvalue weighted by Gasteiger charge is 2.07. The Balaban J connectivity index is 1.03. The summed E-state index contributed by atoms with van der Waals surface area (Å²) in [5.41, 5.74) is 4.03. The molecule has 0 unspecified atom stereocenters. The minimum atomic E-state index is -0.183. The smallest absolute Gasteiger partial charge is 0.251 e. The molecule has 0 radical (unpaired) electrons. The number of ether oxygens (including phenoxy) is 2. The van der Waals surface area contributed by atoms with Crippen molar-refractivity contribution in [2.24, 2.45) is 0 Å². The summed E-state index contributed by atoms with van der Waals surface area (Å²) in [4.78, 5) is 24.6. The van der Waals surface area contributed by atoms with Crippen LogP contribution in [0.2, 0.25) is 0 Å². The Labute approximate surface area is 257 Å². The average molecular weight is 587 g/mol. The zero-order valence-corrected chi connectivity index (χ0v) is 24.4. The predicted octanol–water partition coefficient (Wildman–Crippen LogP) is 6.31. The molecule has 0 aromatic heterocycles. The van der Waals surface area contributed by atoms with E-state index in [4.69, 9.17) is 20.0 Å². The number of carbonyl (C=O) groups excluding carboxylic acids is 2. The van der Waals surface area contributed by atoms with Crippen molar-refractivity contribution in [1.82, 2.24) is 10.6 Å². The Morgan fingerprint density at radius 3 is 1.23 bits per heavy atom. The number of unbranched alkanes of at least 4 members (excludes halogenated alkanes) is 3. The van der Waals surface area contributed by atoms with Crippen molar-refractivity contribution in [3.63, 3.8) is 0 Å². The lowest BCUT2D eigenvalue weighted by Crippen LogP contribution is -2.22. The number of nitrogens with one attached hydrogen (secondary N) is 2. The van der Waals surface area contributed by atoms with Crippen LogP contribution in [0.4, 0.5) is 0 Å². The molecule has 8 nitrogen and oxygen atoms in total. The summed E-state index contributed by atoms with van der Waals surface area (Å²) in [6.07, 6.45) is 3.98. The van der Waals surface area contributed by atoms with E-state index in [0.717, 1.165) is 48.3 Å². The zero-order valence-electron chi connectivity index (χ0n) is 24.4. The third kappa shape index (κ3) is 10.0. The van der Waals surface area contributed by atoms with Gasteiger partial charge in [-0.2, -0.15) is 10.5 Å². The molecule has 0 fully saturated rings. The number of amides is 2. The standard InChI is InChI=1S/C36H34N4O4/c37-23-27-5-13-31(14-6-27)35(41)39-25-29-9-17-33(18-10-29)43-21-3-1-2-4-22-44-34-19-11-30(12-20-34)26-40-36(42)32-15-7-28(24-38)8-16-32/h5-20H,1-4,21-22,25-26H2,(H,39,41)(H,40,42). The van der Waals surface area contributed by atoms with Crippen molar-refractivity contribution < 1.29 is 19.1 Å². The summed E-state index contributed by atoms with van der Waals surface area (Å²) in [6.45, 7) is 2.09. The second-order valence-electron chi connectivity index (χ2n) is 10.1. The topological polar surface area (TPSA) is 124 Å². The van der Waals surface area contributed by atoms with E-state index in [9.17, 15) is 9.59 Å². The Morgan fingerprint density at radius 1 is 0.523 bits per heavy atom. The molecular formula is C36H34N4O4. The number of rotatable bonds is 15. The highest BCUT2D eigenvalue weighted by molar-refractivity contribution is 5.94. The van der Waals surface area contributed by atoms with Crippen LogP contribution >= 0.6 is 0 Å². The third-order valence-electron chi connectivity index (χ3n) is 6.88. The molecular weight excluding hydrogens is 552 g/mol. The second-order valence-corrected chi connectivity index (χ2v) is 10.1. The van der Waals surface area contributed by atoms with E-state index in [2.05, 4.69) is 10.6 Å². The van der Waals surface area contributed by atoms with Crippen molar-refractivity contribution >= 4 is 11.8 Å². The van der Waals surface area contributed by atoms with Crippen molar-refractivity contribution in [3.8, 4) is 23.6 Å². The highest BCUT2D eigenvalue weighted by Crippen LogP contribution is 2.15. The summed E-state index contributed by atoms with van der Waals surface area (Å²) in [7, 11) is 0. The van der Waals surface area contributed by atoms with Gasteiger partial charge in [-0.1, -0.05) is 24.3 Å². The first-order valence-corrected chi connectivity index (χ1v) is 14.5. The molecule has 0 aliphatic carbocycles. The van der Waals surface area contributed by atoms with Gasteiger partial charge >= 0.3 is 0 Å². The average Bonchev–Trinajstić information content (AvgIpc) is 3.08. The normalized spacial score (nSPS) is 10.2. The molecule has 0 atom stereocenters. The molecule has 0 bridgehead atoms. The molecule has 4 aromatic carbocycles. The van der Waals surface area contributed by atoms with E-state index in [1.54, 1.807) is 48.5 Å². The van der Waals surface area contributed by atoms with Crippen LogP contribution in [0.3, 0.4) is 0 Å². The van der Waals surface area contributed by atoms with Gasteiger partial charge in [0.25, 0.3) is 11.8 Å². The van der Waals surface area contributed by atoms with E-state index < -0.39 is 0 Å². The fraction of sp³-hybridized carbons (Fsp3) is 0.222. The van der Waals surface area contributed by atoms with Gasteiger partial charge < -0.3 is 20.1 Å². The minimum Gasteiger partial charge on any atom is -0.494 e. The summed E-state index contributed by atoms with van der Waals surface area (Å²) in [6, 6.07) is 32.5. The van der Waals surface area contributed by atoms with E-state index in [0.29, 0.717) is 48.6 Å². The quantitative estimate of drug-likeness (QED) is 0.157. The molecule has 0 spiro atoms. The van der Waals surface area contributed by atoms with Gasteiger partial charge in [0.1, 0.15) is 11.5 Å². The number of hydrogen-bond acceptors (Lipinski definition) is 6. The zero-order chi connectivity index (χ0) is 31.0. The van der Waals surface area contributed by atoms with E-state index in [1.165, 1.54) is 0 Å². The number of benzene rings is 4. The maximum atomic E-state index is 12.3. The molecule has 222 valence electrons. The van der Waals surface area contributed by atoms with Crippen molar-refractivity contribution in [2.45, 2.75) is 38.8 Å². The fourth-order valence-electron chi connectivity index (χ4n) is 4.31. The van der Waals surface area contributed by atoms with Crippen LogP contribution in [0.5, 0.6) is 11.5 Å². The Hall–Kier alpha value is -5.60. The molecule has 0 aliphatic heterocycles.